The molecule has 6 heteroatoms. The second-order valence-corrected chi connectivity index (χ2v) is 7.11. The zero-order chi connectivity index (χ0) is 17.9. The first-order valence-corrected chi connectivity index (χ1v) is 9.24. The van der Waals surface area contributed by atoms with Gasteiger partial charge < -0.3 is 0 Å². The van der Waals surface area contributed by atoms with Gasteiger partial charge >= 0.3 is 0 Å². The van der Waals surface area contributed by atoms with E-state index in [2.05, 4.69) is 22.0 Å². The Bertz CT molecular complexity index is 777. The minimum atomic E-state index is -0.287. The van der Waals surface area contributed by atoms with Crippen LogP contribution in [-0.2, 0) is 16.1 Å². The summed E-state index contributed by atoms with van der Waals surface area (Å²) in [5, 5.41) is 0. The maximum Gasteiger partial charge on any atom is 0.247 e. The van der Waals surface area contributed by atoms with Crippen molar-refractivity contribution < 1.29 is 9.59 Å². The van der Waals surface area contributed by atoms with Crippen molar-refractivity contribution in [1.29, 1.82) is 0 Å². The molecular formula is C21H24ClN3O2. The molecule has 1 aromatic carbocycles. The lowest BCUT2D eigenvalue weighted by molar-refractivity contribution is -0.140. The number of likely N-dealkylation sites (tertiary alicyclic amines) is 2. The van der Waals surface area contributed by atoms with Crippen LogP contribution in [0.5, 0.6) is 0 Å². The average Bonchev–Trinajstić information content (AvgIpc) is 2.98. The van der Waals surface area contributed by atoms with E-state index >= 15 is 0 Å². The summed E-state index contributed by atoms with van der Waals surface area (Å²) in [6, 6.07) is 13.6. The van der Waals surface area contributed by atoms with Crippen LogP contribution in [0.15, 0.2) is 54.9 Å². The fourth-order valence-corrected chi connectivity index (χ4v) is 4.06. The predicted molar refractivity (Wildman–Crippen MR) is 105 cm³/mol. The number of nitrogens with zero attached hydrogens (tertiary/aromatic N) is 3. The van der Waals surface area contributed by atoms with Crippen molar-refractivity contribution >= 4 is 24.2 Å². The van der Waals surface area contributed by atoms with Gasteiger partial charge in [0.2, 0.25) is 11.8 Å². The van der Waals surface area contributed by atoms with Gasteiger partial charge in [-0.25, -0.2) is 0 Å². The summed E-state index contributed by atoms with van der Waals surface area (Å²) in [7, 11) is 0. The molecule has 4 rings (SSSR count). The molecule has 2 aliphatic heterocycles. The standard InChI is InChI=1S/C21H23N3O2.ClH/c25-20-14-19(21(26)24(20)15-16-4-2-1-3-5-16)23-12-8-18(9-13-23)17-6-10-22-11-7-17;/h1-7,10-11,18-19H,8-9,12-15H2;1H. The Morgan fingerprint density at radius 2 is 1.63 bits per heavy atom. The zero-order valence-electron chi connectivity index (χ0n) is 15.2. The highest BCUT2D eigenvalue weighted by Gasteiger charge is 2.42. The number of aromatic nitrogens is 1. The molecule has 5 nitrogen and oxygen atoms in total. The molecule has 2 fully saturated rings. The van der Waals surface area contributed by atoms with Crippen LogP contribution in [0, 0.1) is 0 Å². The number of benzene rings is 1. The fourth-order valence-electron chi connectivity index (χ4n) is 4.06. The molecule has 0 spiro atoms. The molecule has 1 atom stereocenters. The van der Waals surface area contributed by atoms with Gasteiger partial charge in [0, 0.05) is 12.4 Å². The Kier molecular flexibility index (Phi) is 6.24. The molecule has 0 aliphatic carbocycles. The molecule has 2 aromatic rings. The lowest BCUT2D eigenvalue weighted by atomic mass is 9.89. The first-order valence-electron chi connectivity index (χ1n) is 9.24. The van der Waals surface area contributed by atoms with Crippen LogP contribution < -0.4 is 0 Å². The molecule has 3 heterocycles. The third-order valence-corrected chi connectivity index (χ3v) is 5.55. The summed E-state index contributed by atoms with van der Waals surface area (Å²) in [5.74, 6) is 0.420. The minimum absolute atomic E-state index is 0. The molecule has 1 unspecified atom stereocenters. The number of hydrogen-bond acceptors (Lipinski definition) is 4. The van der Waals surface area contributed by atoms with Crippen LogP contribution in [0.25, 0.3) is 0 Å². The maximum absolute atomic E-state index is 12.8. The highest BCUT2D eigenvalue weighted by Crippen LogP contribution is 2.31. The monoisotopic (exact) mass is 385 g/mol. The van der Waals surface area contributed by atoms with Gasteiger partial charge in [-0.05, 0) is 55.1 Å². The van der Waals surface area contributed by atoms with E-state index in [0.29, 0.717) is 18.9 Å². The van der Waals surface area contributed by atoms with Gasteiger partial charge in [-0.1, -0.05) is 30.3 Å². The van der Waals surface area contributed by atoms with Crippen molar-refractivity contribution in [1.82, 2.24) is 14.8 Å². The third-order valence-electron chi connectivity index (χ3n) is 5.55. The molecule has 142 valence electrons. The summed E-state index contributed by atoms with van der Waals surface area (Å²) in [6.07, 6.45) is 6.01. The molecule has 0 bridgehead atoms. The van der Waals surface area contributed by atoms with Crippen LogP contribution in [0.2, 0.25) is 0 Å². The number of pyridine rings is 1. The van der Waals surface area contributed by atoms with Crippen LogP contribution in [0.4, 0.5) is 0 Å². The molecule has 0 radical (unpaired) electrons. The lowest BCUT2D eigenvalue weighted by Crippen LogP contribution is -2.45. The van der Waals surface area contributed by atoms with Crippen LogP contribution in [0.3, 0.4) is 0 Å². The van der Waals surface area contributed by atoms with Crippen molar-refractivity contribution in [2.24, 2.45) is 0 Å². The van der Waals surface area contributed by atoms with Gasteiger partial charge in [-0.15, -0.1) is 12.4 Å². The summed E-state index contributed by atoms with van der Waals surface area (Å²) < 4.78 is 0. The topological polar surface area (TPSA) is 53.5 Å². The van der Waals surface area contributed by atoms with Gasteiger partial charge in [-0.2, -0.15) is 0 Å². The van der Waals surface area contributed by atoms with Gasteiger partial charge in [0.1, 0.15) is 0 Å². The molecule has 1 aromatic heterocycles. The van der Waals surface area contributed by atoms with E-state index in [1.807, 2.05) is 42.7 Å². The summed E-state index contributed by atoms with van der Waals surface area (Å²) in [6.45, 7) is 2.09. The van der Waals surface area contributed by atoms with E-state index in [1.54, 1.807) is 0 Å². The Labute approximate surface area is 165 Å². The van der Waals surface area contributed by atoms with Crippen LogP contribution in [0.1, 0.15) is 36.3 Å². The van der Waals surface area contributed by atoms with Crippen LogP contribution in [-0.4, -0.2) is 45.7 Å². The number of halogens is 1. The average molecular weight is 386 g/mol. The molecule has 0 saturated carbocycles. The van der Waals surface area contributed by atoms with E-state index in [1.165, 1.54) is 10.5 Å². The summed E-state index contributed by atoms with van der Waals surface area (Å²) in [5.41, 5.74) is 2.31. The highest BCUT2D eigenvalue weighted by atomic mass is 35.5. The normalized spacial score (nSPS) is 21.3. The van der Waals surface area contributed by atoms with E-state index < -0.39 is 0 Å². The Morgan fingerprint density at radius 3 is 2.30 bits per heavy atom. The minimum Gasteiger partial charge on any atom is -0.291 e. The van der Waals surface area contributed by atoms with Gasteiger partial charge in [-0.3, -0.25) is 24.4 Å². The van der Waals surface area contributed by atoms with E-state index in [-0.39, 0.29) is 30.3 Å². The van der Waals surface area contributed by atoms with E-state index in [4.69, 9.17) is 0 Å². The number of amides is 2. The van der Waals surface area contributed by atoms with E-state index in [0.717, 1.165) is 31.5 Å². The third kappa shape index (κ3) is 4.20. The SMILES string of the molecule is Cl.O=C1CC(N2CCC(c3ccncc3)CC2)C(=O)N1Cc1ccccc1. The largest absolute Gasteiger partial charge is 0.291 e. The molecule has 2 aliphatic rings. The van der Waals surface area contributed by atoms with E-state index in [9.17, 15) is 9.59 Å². The molecular weight excluding hydrogens is 362 g/mol. The van der Waals surface area contributed by atoms with Crippen molar-refractivity contribution in [3.63, 3.8) is 0 Å². The van der Waals surface area contributed by atoms with Gasteiger partial charge in [0.25, 0.3) is 0 Å². The molecule has 2 amide bonds. The first-order chi connectivity index (χ1) is 12.7. The molecule has 0 N–H and O–H groups in total. The smallest absolute Gasteiger partial charge is 0.247 e. The second kappa shape index (κ2) is 8.63. The molecule has 2 saturated heterocycles. The fraction of sp³-hybridized carbons (Fsp3) is 0.381. The number of piperidine rings is 1. The summed E-state index contributed by atoms with van der Waals surface area (Å²) >= 11 is 0. The zero-order valence-corrected chi connectivity index (χ0v) is 16.0. The van der Waals surface area contributed by atoms with Crippen LogP contribution >= 0.6 is 12.4 Å². The van der Waals surface area contributed by atoms with Crippen molar-refractivity contribution in [2.75, 3.05) is 13.1 Å². The number of rotatable bonds is 4. The van der Waals surface area contributed by atoms with Crippen molar-refractivity contribution in [2.45, 2.75) is 37.8 Å². The van der Waals surface area contributed by atoms with Crippen molar-refractivity contribution in [3.05, 3.63) is 66.0 Å². The Morgan fingerprint density at radius 1 is 0.963 bits per heavy atom. The quantitative estimate of drug-likeness (QED) is 0.759. The molecule has 27 heavy (non-hydrogen) atoms. The van der Waals surface area contributed by atoms with Gasteiger partial charge in [0.15, 0.2) is 0 Å². The highest BCUT2D eigenvalue weighted by molar-refractivity contribution is 6.05. The number of hydrogen-bond donors (Lipinski definition) is 0. The number of carbonyl (C=O) groups is 2. The Balaban J connectivity index is 0.00000210. The summed E-state index contributed by atoms with van der Waals surface area (Å²) in [4.78, 5) is 32.9. The number of imide groups is 1. The first kappa shape index (κ1) is 19.5. The predicted octanol–water partition coefficient (Wildman–Crippen LogP) is 3.01. The second-order valence-electron chi connectivity index (χ2n) is 7.11. The Hall–Kier alpha value is -2.24. The lowest BCUT2D eigenvalue weighted by Gasteiger charge is -2.35. The maximum atomic E-state index is 12.8. The van der Waals surface area contributed by atoms with Crippen molar-refractivity contribution in [3.8, 4) is 0 Å². The van der Waals surface area contributed by atoms with Gasteiger partial charge in [0.05, 0.1) is 19.0 Å². The number of carbonyl (C=O) groups excluding carboxylic acids is 2.